The Kier molecular flexibility index (Phi) is 4.36. The zero-order valence-electron chi connectivity index (χ0n) is 12.7. The average molecular weight is 307 g/mol. The molecule has 0 saturated heterocycles. The Hall–Kier alpha value is -0.870. The molecule has 1 aromatic carbocycles. The van der Waals surface area contributed by atoms with Crippen LogP contribution in [0.4, 0.5) is 0 Å². The second kappa shape index (κ2) is 6.09. The van der Waals surface area contributed by atoms with E-state index in [1.54, 1.807) is 6.07 Å². The summed E-state index contributed by atoms with van der Waals surface area (Å²) in [7, 11) is -3.07. The van der Waals surface area contributed by atoms with Crippen LogP contribution in [0.1, 0.15) is 57.1 Å². The van der Waals surface area contributed by atoms with Gasteiger partial charge in [0.2, 0.25) is 0 Å². The molecule has 1 N–H and O–H groups in total. The lowest BCUT2D eigenvalue weighted by Crippen LogP contribution is -2.36. The summed E-state index contributed by atoms with van der Waals surface area (Å²) < 4.78 is 24.4. The fraction of sp³-hybridized carbons (Fsp3) is 0.647. The average Bonchev–Trinajstić information content (AvgIpc) is 2.67. The molecule has 1 heterocycles. The predicted molar refractivity (Wildman–Crippen MR) is 85.0 cm³/mol. The molecule has 1 fully saturated rings. The lowest BCUT2D eigenvalue weighted by Gasteiger charge is -2.30. The van der Waals surface area contributed by atoms with Crippen molar-refractivity contribution < 1.29 is 8.42 Å². The Morgan fingerprint density at radius 3 is 2.71 bits per heavy atom. The van der Waals surface area contributed by atoms with Gasteiger partial charge in [0.25, 0.3) is 0 Å². The van der Waals surface area contributed by atoms with E-state index in [0.29, 0.717) is 17.4 Å². The summed E-state index contributed by atoms with van der Waals surface area (Å²) in [4.78, 5) is 0.538. The van der Waals surface area contributed by atoms with Crippen LogP contribution in [0, 0.1) is 5.92 Å². The predicted octanol–water partition coefficient (Wildman–Crippen LogP) is 3.46. The maximum atomic E-state index is 12.2. The summed E-state index contributed by atoms with van der Waals surface area (Å²) in [6, 6.07) is 8.24. The van der Waals surface area contributed by atoms with Gasteiger partial charge in [-0.05, 0) is 43.2 Å². The van der Waals surface area contributed by atoms with E-state index in [1.807, 2.05) is 18.2 Å². The summed E-state index contributed by atoms with van der Waals surface area (Å²) in [6.45, 7) is 2.34. The fourth-order valence-electron chi connectivity index (χ4n) is 3.70. The number of rotatable bonds is 2. The summed E-state index contributed by atoms with van der Waals surface area (Å²) in [5.41, 5.74) is 0.973. The molecule has 1 aliphatic heterocycles. The normalized spacial score (nSPS) is 32.1. The number of hydrogen-bond acceptors (Lipinski definition) is 3. The van der Waals surface area contributed by atoms with E-state index in [1.165, 1.54) is 32.1 Å². The molecule has 0 bridgehead atoms. The van der Waals surface area contributed by atoms with Crippen molar-refractivity contribution in [2.24, 2.45) is 5.92 Å². The monoisotopic (exact) mass is 307 g/mol. The molecular formula is C17H25NO2S. The van der Waals surface area contributed by atoms with Crippen LogP contribution in [0.2, 0.25) is 0 Å². The van der Waals surface area contributed by atoms with Crippen LogP contribution in [0.3, 0.4) is 0 Å². The van der Waals surface area contributed by atoms with E-state index in [4.69, 9.17) is 0 Å². The lowest BCUT2D eigenvalue weighted by molar-refractivity contribution is 0.380. The number of sulfone groups is 1. The quantitative estimate of drug-likeness (QED) is 0.851. The third kappa shape index (κ3) is 3.32. The van der Waals surface area contributed by atoms with Crippen molar-refractivity contribution in [2.75, 3.05) is 5.75 Å². The van der Waals surface area contributed by atoms with Crippen molar-refractivity contribution >= 4 is 9.84 Å². The molecule has 2 aliphatic rings. The van der Waals surface area contributed by atoms with Crippen LogP contribution in [-0.4, -0.2) is 20.2 Å². The molecule has 3 nitrogen and oxygen atoms in total. The van der Waals surface area contributed by atoms with Gasteiger partial charge in [0, 0.05) is 12.1 Å². The third-order valence-electron chi connectivity index (χ3n) is 5.00. The van der Waals surface area contributed by atoms with Crippen molar-refractivity contribution in [3.8, 4) is 0 Å². The lowest BCUT2D eigenvalue weighted by atomic mass is 10.00. The molecule has 21 heavy (non-hydrogen) atoms. The van der Waals surface area contributed by atoms with Crippen molar-refractivity contribution in [3.63, 3.8) is 0 Å². The molecule has 116 valence electrons. The minimum absolute atomic E-state index is 0.197. The Balaban J connectivity index is 1.78. The first-order chi connectivity index (χ1) is 10.1. The standard InChI is InChI=1S/C17H25NO2S/c1-13-5-4-6-14(10-9-13)18-16-11-12-21(19,20)17-8-3-2-7-15(16)17/h2-3,7-8,13-14,16,18H,4-6,9-12H2,1H3. The smallest absolute Gasteiger partial charge is 0.178 e. The van der Waals surface area contributed by atoms with E-state index in [-0.39, 0.29) is 11.8 Å². The maximum Gasteiger partial charge on any atom is 0.178 e. The highest BCUT2D eigenvalue weighted by Gasteiger charge is 2.31. The van der Waals surface area contributed by atoms with Crippen molar-refractivity contribution in [1.82, 2.24) is 5.32 Å². The Morgan fingerprint density at radius 1 is 1.05 bits per heavy atom. The van der Waals surface area contributed by atoms with Gasteiger partial charge in [0.1, 0.15) is 0 Å². The summed E-state index contributed by atoms with van der Waals surface area (Å²) in [5, 5.41) is 3.75. The highest BCUT2D eigenvalue weighted by molar-refractivity contribution is 7.91. The van der Waals surface area contributed by atoms with Crippen molar-refractivity contribution in [3.05, 3.63) is 29.8 Å². The third-order valence-corrected chi connectivity index (χ3v) is 6.81. The zero-order valence-corrected chi connectivity index (χ0v) is 13.5. The molecule has 0 spiro atoms. The van der Waals surface area contributed by atoms with Crippen molar-refractivity contribution in [1.29, 1.82) is 0 Å². The van der Waals surface area contributed by atoms with Gasteiger partial charge in [-0.25, -0.2) is 8.42 Å². The first-order valence-electron chi connectivity index (χ1n) is 8.14. The number of benzene rings is 1. The van der Waals surface area contributed by atoms with Gasteiger partial charge >= 0.3 is 0 Å². The zero-order chi connectivity index (χ0) is 14.9. The van der Waals surface area contributed by atoms with Gasteiger partial charge in [-0.15, -0.1) is 0 Å². The van der Waals surface area contributed by atoms with E-state index >= 15 is 0 Å². The summed E-state index contributed by atoms with van der Waals surface area (Å²) in [5.74, 6) is 1.10. The highest BCUT2D eigenvalue weighted by Crippen LogP contribution is 2.33. The van der Waals surface area contributed by atoms with Gasteiger partial charge in [-0.1, -0.05) is 38.0 Å². The van der Waals surface area contributed by atoms with E-state index < -0.39 is 9.84 Å². The van der Waals surface area contributed by atoms with E-state index in [2.05, 4.69) is 12.2 Å². The SMILES string of the molecule is CC1CCCC(NC2CCS(=O)(=O)c3ccccc32)CC1. The van der Waals surface area contributed by atoms with Crippen LogP contribution in [0.15, 0.2) is 29.2 Å². The Morgan fingerprint density at radius 2 is 1.86 bits per heavy atom. The van der Waals surface area contributed by atoms with Gasteiger partial charge in [0.15, 0.2) is 9.84 Å². The number of fused-ring (bicyclic) bond motifs is 1. The van der Waals surface area contributed by atoms with Crippen LogP contribution in [-0.2, 0) is 9.84 Å². The van der Waals surface area contributed by atoms with Gasteiger partial charge in [-0.3, -0.25) is 0 Å². The minimum Gasteiger partial charge on any atom is -0.307 e. The molecule has 1 aromatic rings. The Bertz CT molecular complexity index is 597. The molecule has 1 aliphatic carbocycles. The summed E-state index contributed by atoms with van der Waals surface area (Å²) >= 11 is 0. The number of nitrogens with one attached hydrogen (secondary N) is 1. The molecule has 4 heteroatoms. The second-order valence-corrected chi connectivity index (χ2v) is 8.75. The minimum atomic E-state index is -3.07. The molecule has 0 amide bonds. The van der Waals surface area contributed by atoms with Gasteiger partial charge in [-0.2, -0.15) is 0 Å². The molecule has 3 unspecified atom stereocenters. The molecular weight excluding hydrogens is 282 g/mol. The molecule has 1 saturated carbocycles. The van der Waals surface area contributed by atoms with Crippen LogP contribution in [0.25, 0.3) is 0 Å². The fourth-order valence-corrected chi connectivity index (χ4v) is 5.32. The van der Waals surface area contributed by atoms with E-state index in [9.17, 15) is 8.42 Å². The van der Waals surface area contributed by atoms with Crippen LogP contribution >= 0.6 is 0 Å². The Labute approximate surface area is 128 Å². The maximum absolute atomic E-state index is 12.2. The first kappa shape index (κ1) is 15.0. The topological polar surface area (TPSA) is 46.2 Å². The van der Waals surface area contributed by atoms with Crippen molar-refractivity contribution in [2.45, 2.75) is 62.4 Å². The highest BCUT2D eigenvalue weighted by atomic mass is 32.2. The molecule has 0 radical (unpaired) electrons. The van der Waals surface area contributed by atoms with Gasteiger partial charge in [0.05, 0.1) is 10.6 Å². The number of hydrogen-bond donors (Lipinski definition) is 1. The molecule has 3 atom stereocenters. The largest absolute Gasteiger partial charge is 0.307 e. The van der Waals surface area contributed by atoms with Crippen LogP contribution < -0.4 is 5.32 Å². The van der Waals surface area contributed by atoms with Gasteiger partial charge < -0.3 is 5.32 Å². The summed E-state index contributed by atoms with van der Waals surface area (Å²) in [6.07, 6.45) is 7.03. The molecule has 3 rings (SSSR count). The second-order valence-electron chi connectivity index (χ2n) is 6.67. The van der Waals surface area contributed by atoms with Crippen LogP contribution in [0.5, 0.6) is 0 Å². The molecule has 0 aromatic heterocycles. The van der Waals surface area contributed by atoms with E-state index in [0.717, 1.165) is 11.5 Å². The first-order valence-corrected chi connectivity index (χ1v) is 9.79.